The second kappa shape index (κ2) is 4.59. The van der Waals surface area contributed by atoms with Gasteiger partial charge in [-0.3, -0.25) is 14.4 Å². The second-order valence-electron chi connectivity index (χ2n) is 3.69. The number of hydrogen-bond donors (Lipinski definition) is 0. The van der Waals surface area contributed by atoms with Crippen molar-refractivity contribution in [3.05, 3.63) is 40.1 Å². The van der Waals surface area contributed by atoms with Gasteiger partial charge in [0.05, 0.1) is 4.88 Å². The highest BCUT2D eigenvalue weighted by Crippen LogP contribution is 2.27. The van der Waals surface area contributed by atoms with Crippen LogP contribution in [-0.2, 0) is 9.59 Å². The first-order valence-corrected chi connectivity index (χ1v) is 5.96. The summed E-state index contributed by atoms with van der Waals surface area (Å²) in [6.45, 7) is 1.48. The summed E-state index contributed by atoms with van der Waals surface area (Å²) in [6, 6.07) is 3.38. The minimum atomic E-state index is -0.480. The Morgan fingerprint density at radius 3 is 2.71 bits per heavy atom. The molecular formula is C13H10O3S. The van der Waals surface area contributed by atoms with Crippen LogP contribution in [0.25, 0.3) is 5.57 Å². The van der Waals surface area contributed by atoms with E-state index in [-0.39, 0.29) is 12.2 Å². The maximum absolute atomic E-state index is 11.8. The first-order valence-electron chi connectivity index (χ1n) is 5.15. The molecule has 2 rings (SSSR count). The minimum Gasteiger partial charge on any atom is -0.294 e. The van der Waals surface area contributed by atoms with E-state index in [1.165, 1.54) is 18.3 Å². The van der Waals surface area contributed by atoms with Crippen molar-refractivity contribution in [2.24, 2.45) is 0 Å². The standard InChI is InChI=1S/C13H10O3S/c1-8(14)11-6-7-12(17-11)9-4-2-3-5-10(15)13(9)16/h2-4,6-7H,5H2,1H3. The first kappa shape index (κ1) is 11.7. The second-order valence-corrected chi connectivity index (χ2v) is 4.77. The van der Waals surface area contributed by atoms with Crippen LogP contribution < -0.4 is 0 Å². The van der Waals surface area contributed by atoms with Crippen LogP contribution in [0.15, 0.2) is 30.4 Å². The lowest BCUT2D eigenvalue weighted by atomic mass is 10.1. The summed E-state index contributed by atoms with van der Waals surface area (Å²) in [5.41, 5.74) is 0.376. The normalized spacial score (nSPS) is 15.7. The van der Waals surface area contributed by atoms with E-state index in [1.54, 1.807) is 30.4 Å². The molecule has 0 atom stereocenters. The van der Waals surface area contributed by atoms with E-state index in [1.807, 2.05) is 0 Å². The molecule has 0 spiro atoms. The topological polar surface area (TPSA) is 51.2 Å². The molecule has 3 nitrogen and oxygen atoms in total. The molecule has 1 aliphatic carbocycles. The van der Waals surface area contributed by atoms with Crippen molar-refractivity contribution in [1.82, 2.24) is 0 Å². The van der Waals surface area contributed by atoms with Gasteiger partial charge in [-0.2, -0.15) is 0 Å². The maximum atomic E-state index is 11.8. The number of carbonyl (C=O) groups excluding carboxylic acids is 3. The number of Topliss-reactive ketones (excluding diaryl/α,β-unsaturated/α-hetero) is 3. The van der Waals surface area contributed by atoms with Crippen molar-refractivity contribution >= 4 is 34.3 Å². The highest BCUT2D eigenvalue weighted by atomic mass is 32.1. The average molecular weight is 246 g/mol. The number of thiophene rings is 1. The van der Waals surface area contributed by atoms with Gasteiger partial charge in [0.25, 0.3) is 0 Å². The Morgan fingerprint density at radius 2 is 2.06 bits per heavy atom. The molecule has 0 bridgehead atoms. The van der Waals surface area contributed by atoms with Gasteiger partial charge in [0.1, 0.15) is 0 Å². The molecule has 1 aromatic heterocycles. The highest BCUT2D eigenvalue weighted by molar-refractivity contribution is 7.15. The molecule has 4 heteroatoms. The number of rotatable bonds is 2. The van der Waals surface area contributed by atoms with Gasteiger partial charge in [-0.1, -0.05) is 12.2 Å². The predicted molar refractivity (Wildman–Crippen MR) is 66.1 cm³/mol. The highest BCUT2D eigenvalue weighted by Gasteiger charge is 2.22. The molecule has 17 heavy (non-hydrogen) atoms. The molecule has 1 heterocycles. The SMILES string of the molecule is CC(=O)c1ccc(C2=CC=CCC(=O)C2=O)s1. The van der Waals surface area contributed by atoms with Crippen LogP contribution in [0, 0.1) is 0 Å². The van der Waals surface area contributed by atoms with Gasteiger partial charge in [0, 0.05) is 16.9 Å². The molecule has 1 aliphatic rings. The monoisotopic (exact) mass is 246 g/mol. The first-order chi connectivity index (χ1) is 8.09. The Bertz CT molecular complexity index is 561. The van der Waals surface area contributed by atoms with Crippen molar-refractivity contribution in [1.29, 1.82) is 0 Å². The van der Waals surface area contributed by atoms with Gasteiger partial charge in [-0.25, -0.2) is 0 Å². The largest absolute Gasteiger partial charge is 0.294 e. The zero-order chi connectivity index (χ0) is 12.4. The van der Waals surface area contributed by atoms with Gasteiger partial charge in [0.15, 0.2) is 5.78 Å². The third-order valence-corrected chi connectivity index (χ3v) is 3.64. The smallest absolute Gasteiger partial charge is 0.230 e. The van der Waals surface area contributed by atoms with Crippen molar-refractivity contribution in [2.45, 2.75) is 13.3 Å². The summed E-state index contributed by atoms with van der Waals surface area (Å²) >= 11 is 1.24. The molecule has 0 unspecified atom stereocenters. The molecule has 0 amide bonds. The molecule has 0 saturated heterocycles. The van der Waals surface area contributed by atoms with E-state index < -0.39 is 11.6 Å². The molecular weight excluding hydrogens is 236 g/mol. The Hall–Kier alpha value is -1.81. The lowest BCUT2D eigenvalue weighted by Gasteiger charge is -1.99. The van der Waals surface area contributed by atoms with Crippen molar-refractivity contribution < 1.29 is 14.4 Å². The van der Waals surface area contributed by atoms with Crippen molar-refractivity contribution in [2.75, 3.05) is 0 Å². The third-order valence-electron chi connectivity index (χ3n) is 2.42. The summed E-state index contributed by atoms with van der Waals surface area (Å²) in [6.07, 6.45) is 5.13. The average Bonchev–Trinajstić information content (AvgIpc) is 2.71. The molecule has 86 valence electrons. The molecule has 0 fully saturated rings. The number of hydrogen-bond acceptors (Lipinski definition) is 4. The van der Waals surface area contributed by atoms with Crippen LogP contribution in [-0.4, -0.2) is 17.3 Å². The van der Waals surface area contributed by atoms with Crippen LogP contribution in [0.3, 0.4) is 0 Å². The van der Waals surface area contributed by atoms with E-state index in [2.05, 4.69) is 0 Å². The summed E-state index contributed by atoms with van der Waals surface area (Å²) in [4.78, 5) is 35.7. The van der Waals surface area contributed by atoms with Crippen LogP contribution in [0.1, 0.15) is 27.9 Å². The predicted octanol–water partition coefficient (Wildman–Crippen LogP) is 2.43. The Balaban J connectivity index is 2.41. The fourth-order valence-corrected chi connectivity index (χ4v) is 2.45. The van der Waals surface area contributed by atoms with Gasteiger partial charge in [-0.05, 0) is 25.1 Å². The molecule has 0 saturated carbocycles. The van der Waals surface area contributed by atoms with E-state index >= 15 is 0 Å². The Morgan fingerprint density at radius 1 is 1.29 bits per heavy atom. The summed E-state index contributed by atoms with van der Waals surface area (Å²) in [5.74, 6) is -0.931. The number of allylic oxidation sites excluding steroid dienone is 4. The van der Waals surface area contributed by atoms with Gasteiger partial charge in [-0.15, -0.1) is 11.3 Å². The summed E-state index contributed by atoms with van der Waals surface area (Å²) < 4.78 is 0. The van der Waals surface area contributed by atoms with Gasteiger partial charge >= 0.3 is 0 Å². The van der Waals surface area contributed by atoms with E-state index in [4.69, 9.17) is 0 Å². The maximum Gasteiger partial charge on any atom is 0.230 e. The molecule has 0 N–H and O–H groups in total. The fraction of sp³-hybridized carbons (Fsp3) is 0.154. The molecule has 0 radical (unpaired) electrons. The Kier molecular flexibility index (Phi) is 3.15. The van der Waals surface area contributed by atoms with Crippen molar-refractivity contribution in [3.8, 4) is 0 Å². The van der Waals surface area contributed by atoms with Gasteiger partial charge in [0.2, 0.25) is 11.6 Å². The summed E-state index contributed by atoms with van der Waals surface area (Å²) in [5, 5.41) is 0. The quantitative estimate of drug-likeness (QED) is 0.595. The zero-order valence-corrected chi connectivity index (χ0v) is 10.0. The van der Waals surface area contributed by atoms with E-state index in [0.717, 1.165) is 0 Å². The van der Waals surface area contributed by atoms with Crippen LogP contribution >= 0.6 is 11.3 Å². The van der Waals surface area contributed by atoms with Crippen LogP contribution in [0.2, 0.25) is 0 Å². The lowest BCUT2D eigenvalue weighted by molar-refractivity contribution is -0.132. The fourth-order valence-electron chi connectivity index (χ4n) is 1.52. The molecule has 0 aromatic carbocycles. The molecule has 0 aliphatic heterocycles. The van der Waals surface area contributed by atoms with Crippen LogP contribution in [0.5, 0.6) is 0 Å². The number of carbonyl (C=O) groups is 3. The summed E-state index contributed by atoms with van der Waals surface area (Å²) in [7, 11) is 0. The Labute approximate surface area is 102 Å². The van der Waals surface area contributed by atoms with Gasteiger partial charge < -0.3 is 0 Å². The van der Waals surface area contributed by atoms with Crippen molar-refractivity contribution in [3.63, 3.8) is 0 Å². The zero-order valence-electron chi connectivity index (χ0n) is 9.23. The molecule has 1 aromatic rings. The third kappa shape index (κ3) is 2.31. The number of ketones is 3. The lowest BCUT2D eigenvalue weighted by Crippen LogP contribution is -2.12. The van der Waals surface area contributed by atoms with E-state index in [0.29, 0.717) is 15.3 Å². The minimum absolute atomic E-state index is 0.0372. The van der Waals surface area contributed by atoms with Crippen LogP contribution in [0.4, 0.5) is 0 Å². The van der Waals surface area contributed by atoms with E-state index in [9.17, 15) is 14.4 Å².